The minimum Gasteiger partial charge on any atom is -0.366 e. The second-order valence-electron chi connectivity index (χ2n) is 7.02. The second-order valence-corrected chi connectivity index (χ2v) is 7.45. The summed E-state index contributed by atoms with van der Waals surface area (Å²) in [5.41, 5.74) is 5.86. The standard InChI is InChI=1S/C18H25ClO2/c1-10(2)12-7-15-14(9-21-18(15,5)6)17(11(3)4)13(12)8-16(19)20/h7,10-11H,8-9H2,1-6H3. The van der Waals surface area contributed by atoms with Gasteiger partial charge in [0, 0.05) is 6.42 Å². The average molecular weight is 309 g/mol. The Morgan fingerprint density at radius 2 is 1.90 bits per heavy atom. The number of ether oxygens (including phenoxy) is 1. The molecule has 1 aromatic rings. The first-order valence-corrected chi connectivity index (χ1v) is 8.04. The van der Waals surface area contributed by atoms with E-state index < -0.39 is 0 Å². The molecule has 0 unspecified atom stereocenters. The summed E-state index contributed by atoms with van der Waals surface area (Å²) in [5, 5.41) is -0.295. The van der Waals surface area contributed by atoms with E-state index in [2.05, 4.69) is 47.6 Å². The van der Waals surface area contributed by atoms with Crippen molar-refractivity contribution in [2.24, 2.45) is 0 Å². The minimum absolute atomic E-state index is 0.258. The van der Waals surface area contributed by atoms with Gasteiger partial charge in [-0.25, -0.2) is 0 Å². The maximum Gasteiger partial charge on any atom is 0.226 e. The summed E-state index contributed by atoms with van der Waals surface area (Å²) in [6.07, 6.45) is 0.302. The fourth-order valence-corrected chi connectivity index (χ4v) is 3.52. The first kappa shape index (κ1) is 16.5. The molecule has 1 aliphatic heterocycles. The lowest BCUT2D eigenvalue weighted by molar-refractivity contribution is -0.111. The van der Waals surface area contributed by atoms with Crippen molar-refractivity contribution in [2.45, 2.75) is 72.0 Å². The van der Waals surface area contributed by atoms with Gasteiger partial charge >= 0.3 is 0 Å². The van der Waals surface area contributed by atoms with Crippen LogP contribution in [0.1, 0.15) is 81.2 Å². The molecule has 116 valence electrons. The van der Waals surface area contributed by atoms with E-state index in [9.17, 15) is 4.79 Å². The first-order valence-electron chi connectivity index (χ1n) is 7.66. The predicted molar refractivity (Wildman–Crippen MR) is 87.0 cm³/mol. The van der Waals surface area contributed by atoms with Gasteiger partial charge in [0.05, 0.1) is 12.2 Å². The van der Waals surface area contributed by atoms with Crippen molar-refractivity contribution in [1.29, 1.82) is 0 Å². The van der Waals surface area contributed by atoms with Crippen LogP contribution in [0, 0.1) is 0 Å². The first-order chi connectivity index (χ1) is 9.65. The number of rotatable bonds is 4. The van der Waals surface area contributed by atoms with Gasteiger partial charge < -0.3 is 4.74 Å². The zero-order chi connectivity index (χ0) is 15.9. The summed E-state index contributed by atoms with van der Waals surface area (Å²) in [5.74, 6) is 0.705. The summed E-state index contributed by atoms with van der Waals surface area (Å²) >= 11 is 5.70. The molecule has 3 heteroatoms. The SMILES string of the molecule is CC(C)c1cc2c(c(C(C)C)c1CC(=O)Cl)COC2(C)C. The number of fused-ring (bicyclic) bond motifs is 1. The largest absolute Gasteiger partial charge is 0.366 e. The predicted octanol–water partition coefficient (Wildman–Crippen LogP) is 5.01. The van der Waals surface area contributed by atoms with Crippen LogP contribution in [0.15, 0.2) is 6.07 Å². The van der Waals surface area contributed by atoms with Crippen molar-refractivity contribution >= 4 is 16.8 Å². The van der Waals surface area contributed by atoms with E-state index in [4.69, 9.17) is 16.3 Å². The van der Waals surface area contributed by atoms with Crippen LogP contribution in [0.3, 0.4) is 0 Å². The summed E-state index contributed by atoms with van der Waals surface area (Å²) in [6, 6.07) is 2.23. The van der Waals surface area contributed by atoms with Gasteiger partial charge in [-0.05, 0) is 65.1 Å². The lowest BCUT2D eigenvalue weighted by Gasteiger charge is -2.25. The maximum absolute atomic E-state index is 11.5. The smallest absolute Gasteiger partial charge is 0.226 e. The Balaban J connectivity index is 2.77. The van der Waals surface area contributed by atoms with Crippen LogP contribution in [0.4, 0.5) is 0 Å². The van der Waals surface area contributed by atoms with Gasteiger partial charge in [0.2, 0.25) is 5.24 Å². The molecule has 0 N–H and O–H groups in total. The molecule has 0 aliphatic carbocycles. The van der Waals surface area contributed by atoms with Gasteiger partial charge in [-0.1, -0.05) is 33.8 Å². The lowest BCUT2D eigenvalue weighted by atomic mass is 9.79. The van der Waals surface area contributed by atoms with E-state index in [-0.39, 0.29) is 10.8 Å². The summed E-state index contributed by atoms with van der Waals surface area (Å²) < 4.78 is 5.98. The Bertz CT molecular complexity index is 571. The van der Waals surface area contributed by atoms with Crippen molar-refractivity contribution in [3.05, 3.63) is 33.9 Å². The number of carbonyl (C=O) groups is 1. The Morgan fingerprint density at radius 1 is 1.29 bits per heavy atom. The van der Waals surface area contributed by atoms with Crippen molar-refractivity contribution in [1.82, 2.24) is 0 Å². The maximum atomic E-state index is 11.5. The molecular weight excluding hydrogens is 284 g/mol. The van der Waals surface area contributed by atoms with Crippen molar-refractivity contribution in [3.63, 3.8) is 0 Å². The third-order valence-corrected chi connectivity index (χ3v) is 4.50. The summed E-state index contributed by atoms with van der Waals surface area (Å²) in [6.45, 7) is 13.5. The molecule has 2 rings (SSSR count). The molecule has 0 saturated carbocycles. The van der Waals surface area contributed by atoms with Crippen LogP contribution in [-0.4, -0.2) is 5.24 Å². The highest BCUT2D eigenvalue weighted by atomic mass is 35.5. The molecule has 1 heterocycles. The monoisotopic (exact) mass is 308 g/mol. The number of carbonyl (C=O) groups excluding carboxylic acids is 1. The minimum atomic E-state index is -0.295. The van der Waals surface area contributed by atoms with Crippen molar-refractivity contribution in [2.75, 3.05) is 0 Å². The molecule has 1 aromatic carbocycles. The Hall–Kier alpha value is -0.860. The highest BCUT2D eigenvalue weighted by molar-refractivity contribution is 6.63. The molecule has 0 radical (unpaired) electrons. The van der Waals surface area contributed by atoms with Gasteiger partial charge in [-0.3, -0.25) is 4.79 Å². The van der Waals surface area contributed by atoms with Crippen LogP contribution >= 0.6 is 11.6 Å². The van der Waals surface area contributed by atoms with Gasteiger partial charge in [-0.15, -0.1) is 0 Å². The van der Waals surface area contributed by atoms with Gasteiger partial charge in [0.15, 0.2) is 0 Å². The van der Waals surface area contributed by atoms with Crippen LogP contribution in [0.2, 0.25) is 0 Å². The van der Waals surface area contributed by atoms with Crippen LogP contribution in [0.25, 0.3) is 0 Å². The lowest BCUT2D eigenvalue weighted by Crippen LogP contribution is -2.17. The van der Waals surface area contributed by atoms with Crippen LogP contribution in [-0.2, 0) is 28.2 Å². The molecule has 21 heavy (non-hydrogen) atoms. The van der Waals surface area contributed by atoms with E-state index in [1.165, 1.54) is 22.3 Å². The molecule has 0 fully saturated rings. The zero-order valence-corrected chi connectivity index (χ0v) is 14.6. The quantitative estimate of drug-likeness (QED) is 0.731. The molecule has 0 aromatic heterocycles. The van der Waals surface area contributed by atoms with Gasteiger partial charge in [-0.2, -0.15) is 0 Å². The second kappa shape index (κ2) is 5.73. The molecule has 0 spiro atoms. The molecule has 0 saturated heterocycles. The highest BCUT2D eigenvalue weighted by Gasteiger charge is 2.35. The average Bonchev–Trinajstić information content (AvgIpc) is 2.62. The zero-order valence-electron chi connectivity index (χ0n) is 13.8. The number of hydrogen-bond donors (Lipinski definition) is 0. The van der Waals surface area contributed by atoms with Gasteiger partial charge in [0.25, 0.3) is 0 Å². The van der Waals surface area contributed by atoms with Crippen LogP contribution in [0.5, 0.6) is 0 Å². The van der Waals surface area contributed by atoms with E-state index in [0.29, 0.717) is 24.9 Å². The van der Waals surface area contributed by atoms with E-state index >= 15 is 0 Å². The fourth-order valence-electron chi connectivity index (χ4n) is 3.38. The summed E-state index contributed by atoms with van der Waals surface area (Å²) in [7, 11) is 0. The molecule has 0 atom stereocenters. The third kappa shape index (κ3) is 3.02. The normalized spacial score (nSPS) is 16.6. The molecule has 2 nitrogen and oxygen atoms in total. The molecule has 0 bridgehead atoms. The van der Waals surface area contributed by atoms with Crippen molar-refractivity contribution < 1.29 is 9.53 Å². The molecular formula is C18H25ClO2. The topological polar surface area (TPSA) is 26.3 Å². The molecule has 1 aliphatic rings. The summed E-state index contributed by atoms with van der Waals surface area (Å²) in [4.78, 5) is 11.5. The van der Waals surface area contributed by atoms with E-state index in [1.54, 1.807) is 0 Å². The Kier molecular flexibility index (Phi) is 4.51. The number of benzene rings is 1. The highest BCUT2D eigenvalue weighted by Crippen LogP contribution is 2.43. The van der Waals surface area contributed by atoms with Crippen molar-refractivity contribution in [3.8, 4) is 0 Å². The fraction of sp³-hybridized carbons (Fsp3) is 0.611. The Morgan fingerprint density at radius 3 is 2.38 bits per heavy atom. The van der Waals surface area contributed by atoms with E-state index in [0.717, 1.165) is 5.56 Å². The molecule has 0 amide bonds. The Labute approximate surface area is 132 Å². The number of halogens is 1. The van der Waals surface area contributed by atoms with Crippen LogP contribution < -0.4 is 0 Å². The van der Waals surface area contributed by atoms with E-state index in [1.807, 2.05) is 0 Å². The van der Waals surface area contributed by atoms with Gasteiger partial charge in [0.1, 0.15) is 0 Å². The number of hydrogen-bond acceptors (Lipinski definition) is 2. The third-order valence-electron chi connectivity index (χ3n) is 4.36.